The molecule has 6 N–H and O–H groups in total. The summed E-state index contributed by atoms with van der Waals surface area (Å²) in [5, 5.41) is 20.0. The van der Waals surface area contributed by atoms with E-state index in [0.29, 0.717) is 0 Å². The summed E-state index contributed by atoms with van der Waals surface area (Å²) in [6, 6.07) is 5.97. The van der Waals surface area contributed by atoms with Gasteiger partial charge in [0, 0.05) is 5.69 Å². The summed E-state index contributed by atoms with van der Waals surface area (Å²) in [7, 11) is 0. The number of rotatable bonds is 3. The van der Waals surface area contributed by atoms with Gasteiger partial charge in [-0.1, -0.05) is 26.0 Å². The molecule has 17 heavy (non-hydrogen) atoms. The quantitative estimate of drug-likeness (QED) is 0.405. The van der Waals surface area contributed by atoms with Crippen molar-refractivity contribution in [3.63, 3.8) is 0 Å². The maximum atomic E-state index is 7.61. The smallest absolute Gasteiger partial charge is 0.199 e. The molecule has 1 rings (SSSR count). The molecule has 0 saturated heterocycles. The Labute approximate surface area is 101 Å². The molecule has 0 aliphatic heterocycles. The molecule has 5 nitrogen and oxygen atoms in total. The first-order valence-corrected chi connectivity index (χ1v) is 5.65. The summed E-state index contributed by atoms with van der Waals surface area (Å²) in [5.41, 5.74) is 8.53. The van der Waals surface area contributed by atoms with Gasteiger partial charge in [-0.05, 0) is 30.0 Å². The summed E-state index contributed by atoms with van der Waals surface area (Å²) in [4.78, 5) is 0. The number of nitrogens with two attached hydrogens (primary N) is 1. The van der Waals surface area contributed by atoms with Gasteiger partial charge >= 0.3 is 0 Å². The first-order chi connectivity index (χ1) is 8.08. The van der Waals surface area contributed by atoms with Crippen molar-refractivity contribution < 1.29 is 0 Å². The van der Waals surface area contributed by atoms with E-state index in [1.54, 1.807) is 0 Å². The molecule has 1 aromatic carbocycles. The van der Waals surface area contributed by atoms with Crippen molar-refractivity contribution in [2.75, 3.05) is 5.32 Å². The zero-order chi connectivity index (χ0) is 12.8. The number of nitrogens with one attached hydrogen (secondary N) is 4. The van der Waals surface area contributed by atoms with Crippen LogP contribution in [-0.2, 0) is 12.8 Å². The molecule has 0 unspecified atom stereocenters. The van der Waals surface area contributed by atoms with Crippen LogP contribution < -0.4 is 16.4 Å². The van der Waals surface area contributed by atoms with E-state index in [1.807, 2.05) is 12.1 Å². The molecule has 0 spiro atoms. The number of hydrogen-bond acceptors (Lipinski definition) is 2. The van der Waals surface area contributed by atoms with Crippen molar-refractivity contribution >= 4 is 17.6 Å². The molecule has 0 aliphatic carbocycles. The van der Waals surface area contributed by atoms with E-state index in [9.17, 15) is 0 Å². The maximum absolute atomic E-state index is 7.61. The SMILES string of the molecule is CCc1cccc(NC(=N)NC(=N)N)c1CC. The molecule has 0 aromatic heterocycles. The lowest BCUT2D eigenvalue weighted by Crippen LogP contribution is -2.39. The monoisotopic (exact) mass is 233 g/mol. The largest absolute Gasteiger partial charge is 0.370 e. The predicted molar refractivity (Wildman–Crippen MR) is 71.6 cm³/mol. The average molecular weight is 233 g/mol. The topological polar surface area (TPSA) is 97.8 Å². The minimum atomic E-state index is -0.243. The van der Waals surface area contributed by atoms with Crippen LogP contribution in [0.2, 0.25) is 0 Å². The van der Waals surface area contributed by atoms with E-state index in [-0.39, 0.29) is 11.9 Å². The fraction of sp³-hybridized carbons (Fsp3) is 0.333. The number of hydrogen-bond donors (Lipinski definition) is 5. The highest BCUT2D eigenvalue weighted by atomic mass is 15.2. The number of guanidine groups is 2. The van der Waals surface area contributed by atoms with E-state index in [2.05, 4.69) is 30.5 Å². The van der Waals surface area contributed by atoms with Gasteiger partial charge in [0.25, 0.3) is 0 Å². The Bertz CT molecular complexity index is 425. The van der Waals surface area contributed by atoms with Crippen LogP contribution in [0.15, 0.2) is 18.2 Å². The van der Waals surface area contributed by atoms with Crippen molar-refractivity contribution in [3.05, 3.63) is 29.3 Å². The lowest BCUT2D eigenvalue weighted by molar-refractivity contribution is 1.04. The summed E-state index contributed by atoms with van der Waals surface area (Å²) in [6.45, 7) is 4.19. The minimum absolute atomic E-state index is 0.0143. The van der Waals surface area contributed by atoms with Crippen LogP contribution in [0, 0.1) is 10.8 Å². The lowest BCUT2D eigenvalue weighted by Gasteiger charge is -2.15. The molecule has 0 heterocycles. The van der Waals surface area contributed by atoms with E-state index in [0.717, 1.165) is 18.5 Å². The Balaban J connectivity index is 2.90. The zero-order valence-corrected chi connectivity index (χ0v) is 10.2. The van der Waals surface area contributed by atoms with Gasteiger partial charge in [-0.3, -0.25) is 16.1 Å². The third-order valence-corrected chi connectivity index (χ3v) is 2.53. The van der Waals surface area contributed by atoms with E-state index >= 15 is 0 Å². The Hall–Kier alpha value is -2.04. The molecule has 0 radical (unpaired) electrons. The van der Waals surface area contributed by atoms with Gasteiger partial charge in [-0.2, -0.15) is 0 Å². The second-order valence-corrected chi connectivity index (χ2v) is 3.69. The maximum Gasteiger partial charge on any atom is 0.199 e. The van der Waals surface area contributed by atoms with E-state index in [1.165, 1.54) is 11.1 Å². The van der Waals surface area contributed by atoms with E-state index < -0.39 is 0 Å². The highest BCUT2D eigenvalue weighted by Crippen LogP contribution is 2.21. The van der Waals surface area contributed by atoms with Crippen LogP contribution in [0.4, 0.5) is 5.69 Å². The molecule has 5 heteroatoms. The average Bonchev–Trinajstić information content (AvgIpc) is 2.27. The third-order valence-electron chi connectivity index (χ3n) is 2.53. The Morgan fingerprint density at radius 3 is 2.47 bits per heavy atom. The Morgan fingerprint density at radius 1 is 1.24 bits per heavy atom. The van der Waals surface area contributed by atoms with Crippen molar-refractivity contribution in [1.82, 2.24) is 5.32 Å². The summed E-state index contributed by atoms with van der Waals surface area (Å²) in [5.74, 6) is -0.229. The van der Waals surface area contributed by atoms with Gasteiger partial charge in [0.05, 0.1) is 0 Å². The van der Waals surface area contributed by atoms with Crippen molar-refractivity contribution in [2.45, 2.75) is 26.7 Å². The van der Waals surface area contributed by atoms with Crippen molar-refractivity contribution in [3.8, 4) is 0 Å². The molecule has 1 aromatic rings. The van der Waals surface area contributed by atoms with Gasteiger partial charge < -0.3 is 11.1 Å². The normalized spacial score (nSPS) is 9.76. The van der Waals surface area contributed by atoms with Crippen molar-refractivity contribution in [1.29, 1.82) is 10.8 Å². The molecule has 0 atom stereocenters. The molecule has 0 saturated carbocycles. The molecule has 0 aliphatic rings. The van der Waals surface area contributed by atoms with Crippen LogP contribution in [0.25, 0.3) is 0 Å². The Morgan fingerprint density at radius 2 is 1.94 bits per heavy atom. The molecular formula is C12H19N5. The van der Waals surface area contributed by atoms with Crippen LogP contribution in [0.3, 0.4) is 0 Å². The van der Waals surface area contributed by atoms with Gasteiger partial charge in [-0.15, -0.1) is 0 Å². The van der Waals surface area contributed by atoms with Crippen LogP contribution >= 0.6 is 0 Å². The summed E-state index contributed by atoms with van der Waals surface area (Å²) < 4.78 is 0. The van der Waals surface area contributed by atoms with Gasteiger partial charge in [0.2, 0.25) is 0 Å². The fourth-order valence-electron chi connectivity index (χ4n) is 1.80. The first kappa shape index (κ1) is 13.0. The fourth-order valence-corrected chi connectivity index (χ4v) is 1.80. The van der Waals surface area contributed by atoms with Crippen LogP contribution in [0.5, 0.6) is 0 Å². The highest BCUT2D eigenvalue weighted by Gasteiger charge is 2.06. The molecule has 92 valence electrons. The number of benzene rings is 1. The Kier molecular flexibility index (Phi) is 4.51. The second kappa shape index (κ2) is 5.89. The van der Waals surface area contributed by atoms with Gasteiger partial charge in [0.15, 0.2) is 11.9 Å². The standard InChI is InChI=1S/C12H19N5/c1-3-8-6-5-7-10(9(8)4-2)16-12(15)17-11(13)14/h5-7H,3-4H2,1-2H3,(H6,13,14,15,16,17). The summed E-state index contributed by atoms with van der Waals surface area (Å²) >= 11 is 0. The molecule has 0 fully saturated rings. The number of anilines is 1. The highest BCUT2D eigenvalue weighted by molar-refractivity contribution is 6.02. The van der Waals surface area contributed by atoms with Crippen molar-refractivity contribution in [2.24, 2.45) is 5.73 Å². The number of aryl methyl sites for hydroxylation is 1. The molecular weight excluding hydrogens is 214 g/mol. The van der Waals surface area contributed by atoms with Crippen LogP contribution in [0.1, 0.15) is 25.0 Å². The predicted octanol–water partition coefficient (Wildman–Crippen LogP) is 1.64. The summed E-state index contributed by atoms with van der Waals surface area (Å²) in [6.07, 6.45) is 1.87. The third kappa shape index (κ3) is 3.48. The molecule has 0 amide bonds. The zero-order valence-electron chi connectivity index (χ0n) is 10.2. The van der Waals surface area contributed by atoms with Gasteiger partial charge in [-0.25, -0.2) is 0 Å². The molecule has 0 bridgehead atoms. The minimum Gasteiger partial charge on any atom is -0.370 e. The van der Waals surface area contributed by atoms with Gasteiger partial charge in [0.1, 0.15) is 0 Å². The van der Waals surface area contributed by atoms with E-state index in [4.69, 9.17) is 16.6 Å². The second-order valence-electron chi connectivity index (χ2n) is 3.69. The first-order valence-electron chi connectivity index (χ1n) is 5.65. The lowest BCUT2D eigenvalue weighted by atomic mass is 10.0. The van der Waals surface area contributed by atoms with Crippen LogP contribution in [-0.4, -0.2) is 11.9 Å².